The summed E-state index contributed by atoms with van der Waals surface area (Å²) in [6.07, 6.45) is 5.76. The van der Waals surface area contributed by atoms with Gasteiger partial charge in [0, 0.05) is 19.4 Å². The van der Waals surface area contributed by atoms with Gasteiger partial charge in [-0.2, -0.15) is 5.10 Å². The van der Waals surface area contributed by atoms with Crippen LogP contribution in [0, 0.1) is 0 Å². The molecule has 4 heteroatoms. The summed E-state index contributed by atoms with van der Waals surface area (Å²) in [6, 6.07) is 0. The van der Waals surface area contributed by atoms with Gasteiger partial charge in [0.25, 0.3) is 0 Å². The van der Waals surface area contributed by atoms with Gasteiger partial charge in [0.15, 0.2) is 0 Å². The highest BCUT2D eigenvalue weighted by Gasteiger charge is 2.16. The molecule has 1 aromatic rings. The molecule has 0 aromatic carbocycles. The molecule has 0 saturated carbocycles. The van der Waals surface area contributed by atoms with Gasteiger partial charge in [0.05, 0.1) is 6.10 Å². The van der Waals surface area contributed by atoms with Gasteiger partial charge in [-0.05, 0) is 19.3 Å². The van der Waals surface area contributed by atoms with Crippen LogP contribution in [-0.2, 0) is 17.6 Å². The number of hydrogen-bond acceptors (Lipinski definition) is 3. The van der Waals surface area contributed by atoms with Crippen molar-refractivity contribution < 1.29 is 4.74 Å². The lowest BCUT2D eigenvalue weighted by Gasteiger charge is -2.21. The third kappa shape index (κ3) is 2.32. The van der Waals surface area contributed by atoms with Gasteiger partial charge >= 0.3 is 0 Å². The normalized spacial score (nSPS) is 22.5. The molecule has 1 aromatic heterocycles. The van der Waals surface area contributed by atoms with E-state index >= 15 is 0 Å². The molecule has 1 N–H and O–H groups in total. The molecule has 14 heavy (non-hydrogen) atoms. The number of aromatic amines is 1. The van der Waals surface area contributed by atoms with E-state index in [9.17, 15) is 0 Å². The summed E-state index contributed by atoms with van der Waals surface area (Å²) in [5.74, 6) is 1.87. The molecule has 1 atom stereocenters. The average molecular weight is 195 g/mol. The van der Waals surface area contributed by atoms with Gasteiger partial charge in [0.1, 0.15) is 11.6 Å². The van der Waals surface area contributed by atoms with Crippen LogP contribution in [0.25, 0.3) is 0 Å². The van der Waals surface area contributed by atoms with E-state index in [1.165, 1.54) is 12.8 Å². The number of rotatable bonds is 3. The molecule has 0 bridgehead atoms. The summed E-state index contributed by atoms with van der Waals surface area (Å²) in [5, 5.41) is 7.07. The summed E-state index contributed by atoms with van der Waals surface area (Å²) >= 11 is 0. The van der Waals surface area contributed by atoms with Crippen LogP contribution in [0.15, 0.2) is 0 Å². The van der Waals surface area contributed by atoms with Crippen molar-refractivity contribution in [1.82, 2.24) is 15.2 Å². The highest BCUT2D eigenvalue weighted by molar-refractivity contribution is 4.92. The van der Waals surface area contributed by atoms with E-state index < -0.39 is 0 Å². The molecule has 1 aliphatic rings. The van der Waals surface area contributed by atoms with Crippen molar-refractivity contribution in [2.24, 2.45) is 0 Å². The van der Waals surface area contributed by atoms with E-state index in [1.807, 2.05) is 0 Å². The third-order valence-corrected chi connectivity index (χ3v) is 2.59. The number of aromatic nitrogens is 3. The van der Waals surface area contributed by atoms with Gasteiger partial charge in [0.2, 0.25) is 0 Å². The molecule has 4 nitrogen and oxygen atoms in total. The fourth-order valence-corrected chi connectivity index (χ4v) is 1.77. The average Bonchev–Trinajstić information content (AvgIpc) is 2.67. The monoisotopic (exact) mass is 195 g/mol. The molecule has 0 amide bonds. The van der Waals surface area contributed by atoms with Crippen LogP contribution in [-0.4, -0.2) is 27.9 Å². The second-order valence-electron chi connectivity index (χ2n) is 3.74. The van der Waals surface area contributed by atoms with Crippen molar-refractivity contribution in [3.63, 3.8) is 0 Å². The SMILES string of the molecule is CCc1n[nH]c(CC2CCCCO2)n1. The highest BCUT2D eigenvalue weighted by atomic mass is 16.5. The molecule has 78 valence electrons. The van der Waals surface area contributed by atoms with Gasteiger partial charge in [-0.1, -0.05) is 6.92 Å². The second kappa shape index (κ2) is 4.55. The van der Waals surface area contributed by atoms with Crippen molar-refractivity contribution >= 4 is 0 Å². The summed E-state index contributed by atoms with van der Waals surface area (Å²) in [6.45, 7) is 2.96. The Morgan fingerprint density at radius 1 is 1.50 bits per heavy atom. The van der Waals surface area contributed by atoms with Crippen LogP contribution in [0.4, 0.5) is 0 Å². The van der Waals surface area contributed by atoms with E-state index in [1.54, 1.807) is 0 Å². The highest BCUT2D eigenvalue weighted by Crippen LogP contribution is 2.15. The quantitative estimate of drug-likeness (QED) is 0.794. The van der Waals surface area contributed by atoms with Crippen LogP contribution in [0.1, 0.15) is 37.8 Å². The predicted molar refractivity (Wildman–Crippen MR) is 53.1 cm³/mol. The number of nitrogens with zero attached hydrogens (tertiary/aromatic N) is 2. The van der Waals surface area contributed by atoms with Crippen LogP contribution in [0.3, 0.4) is 0 Å². The summed E-state index contributed by atoms with van der Waals surface area (Å²) in [5.41, 5.74) is 0. The topological polar surface area (TPSA) is 50.8 Å². The summed E-state index contributed by atoms with van der Waals surface area (Å²) < 4.78 is 5.64. The Kier molecular flexibility index (Phi) is 3.14. The largest absolute Gasteiger partial charge is 0.378 e. The van der Waals surface area contributed by atoms with E-state index in [-0.39, 0.29) is 0 Å². The second-order valence-corrected chi connectivity index (χ2v) is 3.74. The Morgan fingerprint density at radius 2 is 2.43 bits per heavy atom. The third-order valence-electron chi connectivity index (χ3n) is 2.59. The molecule has 1 unspecified atom stereocenters. The fourth-order valence-electron chi connectivity index (χ4n) is 1.77. The van der Waals surface area contributed by atoms with Crippen molar-refractivity contribution in [1.29, 1.82) is 0 Å². The number of hydrogen-bond donors (Lipinski definition) is 1. The number of ether oxygens (including phenoxy) is 1. The molecule has 2 rings (SSSR count). The lowest BCUT2D eigenvalue weighted by atomic mass is 10.1. The Labute approximate surface area is 84.1 Å². The first-order chi connectivity index (χ1) is 6.88. The van der Waals surface area contributed by atoms with Crippen molar-refractivity contribution in [3.05, 3.63) is 11.6 Å². The Bertz CT molecular complexity index is 279. The summed E-state index contributed by atoms with van der Waals surface area (Å²) in [4.78, 5) is 4.38. The Balaban J connectivity index is 1.89. The van der Waals surface area contributed by atoms with E-state index in [0.29, 0.717) is 6.10 Å². The van der Waals surface area contributed by atoms with Crippen LogP contribution >= 0.6 is 0 Å². The minimum absolute atomic E-state index is 0.349. The minimum atomic E-state index is 0.349. The first-order valence-electron chi connectivity index (χ1n) is 5.40. The lowest BCUT2D eigenvalue weighted by Crippen LogP contribution is -2.21. The standard InChI is InChI=1S/C10H17N3O/c1-2-9-11-10(13-12-9)7-8-5-3-4-6-14-8/h8H,2-7H2,1H3,(H,11,12,13). The number of nitrogens with one attached hydrogen (secondary N) is 1. The molecule has 1 aliphatic heterocycles. The van der Waals surface area contributed by atoms with Crippen LogP contribution in [0.2, 0.25) is 0 Å². The zero-order valence-electron chi connectivity index (χ0n) is 8.62. The molecule has 2 heterocycles. The maximum Gasteiger partial charge on any atom is 0.150 e. The first-order valence-corrected chi connectivity index (χ1v) is 5.40. The molecule has 1 fully saturated rings. The van der Waals surface area contributed by atoms with E-state index in [0.717, 1.165) is 37.5 Å². The van der Waals surface area contributed by atoms with E-state index in [2.05, 4.69) is 22.1 Å². The van der Waals surface area contributed by atoms with Crippen LogP contribution < -0.4 is 0 Å². The molecular formula is C10H17N3O. The first kappa shape index (κ1) is 9.65. The van der Waals surface area contributed by atoms with Gasteiger partial charge in [-0.15, -0.1) is 0 Å². The van der Waals surface area contributed by atoms with Gasteiger partial charge in [-0.25, -0.2) is 4.98 Å². The maximum atomic E-state index is 5.64. The molecule has 0 aliphatic carbocycles. The zero-order chi connectivity index (χ0) is 9.80. The van der Waals surface area contributed by atoms with Gasteiger partial charge < -0.3 is 4.74 Å². The van der Waals surface area contributed by atoms with Crippen LogP contribution in [0.5, 0.6) is 0 Å². The predicted octanol–water partition coefficient (Wildman–Crippen LogP) is 1.48. The van der Waals surface area contributed by atoms with E-state index in [4.69, 9.17) is 4.74 Å². The molecule has 0 spiro atoms. The van der Waals surface area contributed by atoms with Gasteiger partial charge in [-0.3, -0.25) is 5.10 Å². The molecular weight excluding hydrogens is 178 g/mol. The van der Waals surface area contributed by atoms with Crippen molar-refractivity contribution in [2.45, 2.75) is 45.1 Å². The zero-order valence-corrected chi connectivity index (χ0v) is 8.62. The fraction of sp³-hybridized carbons (Fsp3) is 0.800. The Hall–Kier alpha value is -0.900. The summed E-state index contributed by atoms with van der Waals surface area (Å²) in [7, 11) is 0. The Morgan fingerprint density at radius 3 is 3.07 bits per heavy atom. The number of aryl methyl sites for hydroxylation is 1. The number of H-pyrrole nitrogens is 1. The lowest BCUT2D eigenvalue weighted by molar-refractivity contribution is 0.0157. The molecule has 1 saturated heterocycles. The smallest absolute Gasteiger partial charge is 0.150 e. The van der Waals surface area contributed by atoms with Crippen molar-refractivity contribution in [3.8, 4) is 0 Å². The minimum Gasteiger partial charge on any atom is -0.378 e. The molecule has 0 radical (unpaired) electrons. The maximum absolute atomic E-state index is 5.64. The van der Waals surface area contributed by atoms with Crippen molar-refractivity contribution in [2.75, 3.05) is 6.61 Å².